The van der Waals surface area contributed by atoms with Crippen LogP contribution in [0.1, 0.15) is 55.8 Å². The van der Waals surface area contributed by atoms with Crippen molar-refractivity contribution in [2.75, 3.05) is 26.2 Å². The zero-order valence-electron chi connectivity index (χ0n) is 26.5. The Bertz CT molecular complexity index is 1500. The van der Waals surface area contributed by atoms with Gasteiger partial charge in [-0.2, -0.15) is 0 Å². The molecule has 0 saturated carbocycles. The summed E-state index contributed by atoms with van der Waals surface area (Å²) in [6.45, 7) is 1.12. The molecule has 47 heavy (non-hydrogen) atoms. The van der Waals surface area contributed by atoms with Gasteiger partial charge >= 0.3 is 5.97 Å². The van der Waals surface area contributed by atoms with E-state index in [4.69, 9.17) is 9.47 Å². The van der Waals surface area contributed by atoms with E-state index in [1.807, 2.05) is 78.9 Å². The second kappa shape index (κ2) is 14.6. The summed E-state index contributed by atoms with van der Waals surface area (Å²) in [5.41, 5.74) is 0.352. The number of ether oxygens (including phenoxy) is 2. The Labute approximate surface area is 275 Å². The molecule has 2 aromatic rings. The molecule has 2 saturated heterocycles. The van der Waals surface area contributed by atoms with Gasteiger partial charge in [0.1, 0.15) is 23.7 Å². The second-order valence-corrected chi connectivity index (χ2v) is 12.7. The summed E-state index contributed by atoms with van der Waals surface area (Å²) in [6.07, 6.45) is 9.53. The van der Waals surface area contributed by atoms with E-state index in [0.717, 1.165) is 24.0 Å². The van der Waals surface area contributed by atoms with Crippen molar-refractivity contribution < 1.29 is 33.8 Å². The molecular weight excluding hydrogens is 598 g/mol. The fourth-order valence-corrected chi connectivity index (χ4v) is 7.36. The van der Waals surface area contributed by atoms with Crippen LogP contribution in [0.15, 0.2) is 85.0 Å². The van der Waals surface area contributed by atoms with Crippen LogP contribution in [0.2, 0.25) is 0 Å². The molecule has 4 aliphatic rings. The highest BCUT2D eigenvalue weighted by Crippen LogP contribution is 2.56. The van der Waals surface area contributed by atoms with E-state index >= 15 is 0 Å². The van der Waals surface area contributed by atoms with Crippen molar-refractivity contribution in [3.05, 3.63) is 96.1 Å². The van der Waals surface area contributed by atoms with Gasteiger partial charge in [-0.15, -0.1) is 0 Å². The fourth-order valence-electron chi connectivity index (χ4n) is 7.36. The first-order valence-electron chi connectivity index (χ1n) is 16.7. The summed E-state index contributed by atoms with van der Waals surface area (Å²) in [7, 11) is 0. The zero-order chi connectivity index (χ0) is 32.8. The Kier molecular flexibility index (Phi) is 10.2. The zero-order valence-corrected chi connectivity index (χ0v) is 26.5. The molecule has 4 aliphatic heterocycles. The number of hydrogen-bond acceptors (Lipinski definition) is 7. The number of carbonyl (C=O) groups excluding carboxylic acids is 4. The van der Waals surface area contributed by atoms with Gasteiger partial charge < -0.3 is 29.7 Å². The van der Waals surface area contributed by atoms with Crippen LogP contribution >= 0.6 is 0 Å². The van der Waals surface area contributed by atoms with Crippen molar-refractivity contribution in [1.82, 2.24) is 15.1 Å². The molecule has 4 heterocycles. The van der Waals surface area contributed by atoms with Crippen LogP contribution in [0.5, 0.6) is 0 Å². The van der Waals surface area contributed by atoms with Gasteiger partial charge in [-0.3, -0.25) is 19.2 Å². The number of unbranched alkanes of at least 4 members (excludes halogenated alkanes) is 3. The topological polar surface area (TPSA) is 125 Å². The van der Waals surface area contributed by atoms with Crippen molar-refractivity contribution >= 4 is 23.7 Å². The van der Waals surface area contributed by atoms with E-state index < -0.39 is 41.7 Å². The Morgan fingerprint density at radius 3 is 2.40 bits per heavy atom. The third-order valence-corrected chi connectivity index (χ3v) is 9.66. The van der Waals surface area contributed by atoms with E-state index in [1.54, 1.807) is 15.9 Å². The molecule has 10 heteroatoms. The number of esters is 1. The Hall–Kier alpha value is -4.28. The van der Waals surface area contributed by atoms with E-state index in [1.165, 1.54) is 0 Å². The van der Waals surface area contributed by atoms with Crippen LogP contribution in [0, 0.1) is 11.8 Å². The van der Waals surface area contributed by atoms with Gasteiger partial charge in [-0.25, -0.2) is 0 Å². The predicted molar refractivity (Wildman–Crippen MR) is 173 cm³/mol. The molecule has 3 amide bonds. The average Bonchev–Trinajstić information content (AvgIpc) is 3.73. The molecular formula is C37H43N3O7. The minimum Gasteiger partial charge on any atom is -0.455 e. The second-order valence-electron chi connectivity index (χ2n) is 12.7. The summed E-state index contributed by atoms with van der Waals surface area (Å²) in [6, 6.07) is 17.9. The maximum atomic E-state index is 14.8. The molecule has 10 nitrogen and oxygen atoms in total. The lowest BCUT2D eigenvalue weighted by atomic mass is 9.74. The Balaban J connectivity index is 1.37. The van der Waals surface area contributed by atoms with Crippen LogP contribution in [-0.2, 0) is 35.2 Å². The largest absolute Gasteiger partial charge is 0.455 e. The molecule has 248 valence electrons. The maximum absolute atomic E-state index is 14.8. The maximum Gasteiger partial charge on any atom is 0.313 e. The highest BCUT2D eigenvalue weighted by Gasteiger charge is 2.73. The Morgan fingerprint density at radius 2 is 1.64 bits per heavy atom. The molecule has 5 bridgehead atoms. The molecule has 2 fully saturated rings. The molecule has 1 spiro atoms. The lowest BCUT2D eigenvalue weighted by Crippen LogP contribution is -2.55. The number of benzene rings is 2. The van der Waals surface area contributed by atoms with Gasteiger partial charge in [0.15, 0.2) is 0 Å². The smallest absolute Gasteiger partial charge is 0.313 e. The Morgan fingerprint density at radius 1 is 0.894 bits per heavy atom. The normalized spacial score (nSPS) is 29.9. The number of cyclic esters (lactones) is 1. The first-order chi connectivity index (χ1) is 22.9. The fraction of sp³-hybridized carbons (Fsp3) is 0.459. The summed E-state index contributed by atoms with van der Waals surface area (Å²) in [5.74, 6) is -3.18. The molecule has 0 unspecified atom stereocenters. The van der Waals surface area contributed by atoms with Gasteiger partial charge in [0.2, 0.25) is 17.7 Å². The van der Waals surface area contributed by atoms with Crippen molar-refractivity contribution in [2.45, 2.75) is 68.9 Å². The van der Waals surface area contributed by atoms with E-state index in [2.05, 4.69) is 5.32 Å². The lowest BCUT2D eigenvalue weighted by molar-refractivity contribution is -0.159. The SMILES string of the molecule is O=C1CC/C=C\CN(Cc2ccccc2)C(=O)[C@H]2N(CCCCCCO)C(=O)[C@@H]3[C@@H](C(=O)O[C@@H](c4ccccc4)CN1)[C@H]1C=C[C@]32O1. The number of nitrogens with one attached hydrogen (secondary N) is 1. The summed E-state index contributed by atoms with van der Waals surface area (Å²) in [5, 5.41) is 12.1. The first-order valence-corrected chi connectivity index (χ1v) is 16.7. The molecule has 2 N–H and O–H groups in total. The number of carbonyl (C=O) groups is 4. The van der Waals surface area contributed by atoms with Crippen molar-refractivity contribution in [3.8, 4) is 0 Å². The number of amides is 3. The monoisotopic (exact) mass is 641 g/mol. The quantitative estimate of drug-likeness (QED) is 0.244. The first kappa shape index (κ1) is 32.7. The molecule has 0 radical (unpaired) electrons. The molecule has 6 atom stereocenters. The average molecular weight is 642 g/mol. The minimum atomic E-state index is -1.31. The molecule has 6 rings (SSSR count). The number of likely N-dealkylation sites (tertiary alicyclic amines) is 1. The van der Waals surface area contributed by atoms with Crippen LogP contribution in [0.4, 0.5) is 0 Å². The predicted octanol–water partition coefficient (Wildman–Crippen LogP) is 3.47. The summed E-state index contributed by atoms with van der Waals surface area (Å²) in [4.78, 5) is 59.4. The summed E-state index contributed by atoms with van der Waals surface area (Å²) < 4.78 is 12.7. The third-order valence-electron chi connectivity index (χ3n) is 9.66. The van der Waals surface area contributed by atoms with Crippen LogP contribution < -0.4 is 5.32 Å². The molecule has 2 aromatic carbocycles. The van der Waals surface area contributed by atoms with Crippen molar-refractivity contribution in [2.24, 2.45) is 11.8 Å². The highest BCUT2D eigenvalue weighted by molar-refractivity contribution is 5.99. The van der Waals surface area contributed by atoms with Crippen LogP contribution in [0.25, 0.3) is 0 Å². The van der Waals surface area contributed by atoms with Gasteiger partial charge in [0.25, 0.3) is 0 Å². The number of hydrogen-bond donors (Lipinski definition) is 2. The number of allylic oxidation sites excluding steroid dienone is 1. The van der Waals surface area contributed by atoms with Gasteiger partial charge in [-0.1, -0.05) is 97.8 Å². The number of rotatable bonds is 9. The number of aliphatic hydroxyl groups is 1. The minimum absolute atomic E-state index is 0.0854. The van der Waals surface area contributed by atoms with E-state index in [0.29, 0.717) is 32.4 Å². The van der Waals surface area contributed by atoms with Crippen LogP contribution in [0.3, 0.4) is 0 Å². The molecule has 0 aliphatic carbocycles. The molecule has 0 aromatic heterocycles. The van der Waals surface area contributed by atoms with Gasteiger partial charge in [0.05, 0.1) is 18.6 Å². The third kappa shape index (κ3) is 6.75. The lowest BCUT2D eigenvalue weighted by Gasteiger charge is -2.36. The van der Waals surface area contributed by atoms with Crippen molar-refractivity contribution in [3.63, 3.8) is 0 Å². The van der Waals surface area contributed by atoms with E-state index in [9.17, 15) is 24.3 Å². The highest BCUT2D eigenvalue weighted by atomic mass is 16.6. The van der Waals surface area contributed by atoms with Crippen molar-refractivity contribution in [1.29, 1.82) is 0 Å². The standard InChI is InChI=1S/C37H43N3O7/c41-23-13-2-1-12-22-40-33-35(44)39(25-26-14-6-3-7-15-26)21-11-5-10-18-30(42)38-24-29(27-16-8-4-9-17-27)46-36(45)31-28-19-20-37(33,47-28)32(31)34(40)43/h3-9,11,14-17,19-20,28-29,31-33,41H,1-2,10,12-13,18,21-25H2,(H,38,42)/b11-5-/t28-,29-,31+,32+,33-,37+/m1/s1. The number of fused-ring (bicyclic) bond motifs is 2. The summed E-state index contributed by atoms with van der Waals surface area (Å²) >= 11 is 0. The van der Waals surface area contributed by atoms with E-state index in [-0.39, 0.29) is 43.8 Å². The van der Waals surface area contributed by atoms with Crippen LogP contribution in [-0.4, -0.2) is 82.6 Å². The number of aliphatic hydroxyl groups excluding tert-OH is 1. The van der Waals surface area contributed by atoms with Gasteiger partial charge in [-0.05, 0) is 30.4 Å². The number of nitrogens with zero attached hydrogens (tertiary/aromatic N) is 2. The van der Waals surface area contributed by atoms with Gasteiger partial charge in [0, 0.05) is 32.7 Å².